The van der Waals surface area contributed by atoms with Crippen molar-refractivity contribution in [2.24, 2.45) is 0 Å². The van der Waals surface area contributed by atoms with Crippen LogP contribution in [0.2, 0.25) is 0 Å². The largest absolute Gasteiger partial charge is 0.477 e. The first kappa shape index (κ1) is 100.0. The Morgan fingerprint density at radius 3 is 1.04 bits per heavy atom. The minimum atomic E-state index is -0.583. The van der Waals surface area contributed by atoms with E-state index in [1.807, 2.05) is 103 Å². The van der Waals surface area contributed by atoms with Gasteiger partial charge in [-0.1, -0.05) is 210 Å². The maximum atomic E-state index is 7.53. The molecule has 663 valence electrons. The van der Waals surface area contributed by atoms with Crippen molar-refractivity contribution >= 4 is 123 Å². The Morgan fingerprint density at radius 2 is 0.631 bits per heavy atom. The number of hydrogen-bond donors (Lipinski definition) is 3. The van der Waals surface area contributed by atoms with Crippen LogP contribution in [0.25, 0.3) is 87.6 Å². The van der Waals surface area contributed by atoms with Crippen LogP contribution in [-0.2, 0) is 60.3 Å². The van der Waals surface area contributed by atoms with Gasteiger partial charge in [0, 0.05) is 100 Å². The summed E-state index contributed by atoms with van der Waals surface area (Å²) in [5, 5.41) is 35.3. The van der Waals surface area contributed by atoms with Crippen LogP contribution in [0.15, 0.2) is 359 Å². The number of hydrogen-bond acceptors (Lipinski definition) is 9. The van der Waals surface area contributed by atoms with Crippen molar-refractivity contribution in [2.45, 2.75) is 76.2 Å². The van der Waals surface area contributed by atoms with Crippen LogP contribution in [-0.4, -0.2) is 83.7 Å². The van der Waals surface area contributed by atoms with Gasteiger partial charge in [0.15, 0.2) is 0 Å². The first-order valence-corrected chi connectivity index (χ1v) is 41.7. The van der Waals surface area contributed by atoms with Crippen molar-refractivity contribution in [2.75, 3.05) is 50.5 Å². The summed E-state index contributed by atoms with van der Waals surface area (Å²) >= 11 is 0. The molecule has 0 saturated heterocycles. The van der Waals surface area contributed by atoms with E-state index in [4.69, 9.17) is 29.7 Å². The van der Waals surface area contributed by atoms with Gasteiger partial charge in [0.25, 0.3) is 0 Å². The number of fused-ring (bicyclic) bond motifs is 8. The fourth-order valence-corrected chi connectivity index (χ4v) is 15.8. The van der Waals surface area contributed by atoms with E-state index in [0.29, 0.717) is 0 Å². The minimum absolute atomic E-state index is 0. The van der Waals surface area contributed by atoms with Crippen LogP contribution in [0, 0.1) is 73.6 Å². The molecule has 130 heavy (non-hydrogen) atoms. The van der Waals surface area contributed by atoms with E-state index in [2.05, 4.69) is 365 Å². The topological polar surface area (TPSA) is 183 Å². The van der Waals surface area contributed by atoms with Gasteiger partial charge in [-0.05, 0) is 212 Å². The number of rotatable bonds is 6. The Hall–Kier alpha value is -13.8. The second-order valence-electron chi connectivity index (χ2n) is 31.1. The van der Waals surface area contributed by atoms with Crippen LogP contribution < -0.4 is 29.4 Å². The Kier molecular flexibility index (Phi) is 35.6. The maximum Gasteiger partial charge on any atom is 0.477 e. The SMILES string of the molecule is C=C1N(C)c2cc3ccccc3cc2N1c1c(C)cc2ccccc2c1C.C=C1N(C)c2cc3ccccc3cc2N1c1cc2ccccc2cc1C.C=C1N(C)c2ccccc2N1c1c(C)cc2ccccc2c1C.CC(O)=[OH+].CC(O)=[OH+].CC(O)=[OH+].Cc1c[c-]c(-c2ccccn2)c(C)c1.Cc1c[c-]c(-c2ccccn2)cc1.[Ir].[Ir].[Ir].[c-]1ccccc1-c1ccccn1. The van der Waals surface area contributed by atoms with Crippen LogP contribution in [0.4, 0.5) is 51.2 Å². The molecule has 3 aliphatic rings. The molecular formula is C112H107Ir3N9O6. The summed E-state index contributed by atoms with van der Waals surface area (Å²) < 4.78 is 0. The number of anilines is 9. The second kappa shape index (κ2) is 46.3. The van der Waals surface area contributed by atoms with E-state index in [9.17, 15) is 0 Å². The molecule has 3 radical (unpaired) electrons. The zero-order chi connectivity index (χ0) is 90.7. The van der Waals surface area contributed by atoms with Gasteiger partial charge in [-0.25, -0.2) is 0 Å². The minimum Gasteiger partial charge on any atom is -0.339 e. The Bertz CT molecular complexity index is 6790. The van der Waals surface area contributed by atoms with Crippen molar-refractivity contribution in [1.82, 2.24) is 15.0 Å². The zero-order valence-corrected chi connectivity index (χ0v) is 82.6. The van der Waals surface area contributed by atoms with E-state index >= 15 is 0 Å². The molecule has 0 spiro atoms. The second-order valence-corrected chi connectivity index (χ2v) is 31.1. The van der Waals surface area contributed by atoms with Gasteiger partial charge in [-0.2, -0.15) is 0 Å². The maximum absolute atomic E-state index is 7.53. The molecule has 0 saturated carbocycles. The number of para-hydroxylation sites is 2. The first-order chi connectivity index (χ1) is 61.1. The van der Waals surface area contributed by atoms with E-state index in [0.717, 1.165) is 51.2 Å². The van der Waals surface area contributed by atoms with Crippen LogP contribution in [0.5, 0.6) is 0 Å². The molecule has 15 nitrogen and oxygen atoms in total. The molecule has 6 heterocycles. The summed E-state index contributed by atoms with van der Waals surface area (Å²) in [5.41, 5.74) is 27.0. The van der Waals surface area contributed by atoms with Crippen molar-refractivity contribution in [3.05, 3.63) is 422 Å². The normalized spacial score (nSPS) is 11.6. The molecule has 3 aromatic heterocycles. The van der Waals surface area contributed by atoms with Crippen molar-refractivity contribution < 1.29 is 90.0 Å². The van der Waals surface area contributed by atoms with Gasteiger partial charge >= 0.3 is 17.9 Å². The summed E-state index contributed by atoms with van der Waals surface area (Å²) in [6.45, 7) is 33.9. The Morgan fingerprint density at radius 1 is 0.300 bits per heavy atom. The summed E-state index contributed by atoms with van der Waals surface area (Å²) in [7, 11) is 6.26. The van der Waals surface area contributed by atoms with Crippen LogP contribution >= 0.6 is 0 Å². The van der Waals surface area contributed by atoms with Crippen molar-refractivity contribution in [3.63, 3.8) is 0 Å². The summed E-state index contributed by atoms with van der Waals surface area (Å²) in [4.78, 5) is 48.8. The van der Waals surface area contributed by atoms with E-state index in [1.54, 1.807) is 12.4 Å². The van der Waals surface area contributed by atoms with Crippen LogP contribution in [0.3, 0.4) is 0 Å². The van der Waals surface area contributed by atoms with Crippen LogP contribution in [0.1, 0.15) is 65.3 Å². The fourth-order valence-electron chi connectivity index (χ4n) is 15.8. The molecule has 0 aliphatic carbocycles. The molecule has 0 unspecified atom stereocenters. The number of nitrogens with zero attached hydrogens (tertiary/aromatic N) is 9. The Balaban J connectivity index is 0.000000174. The Labute approximate surface area is 803 Å². The predicted molar refractivity (Wildman–Crippen MR) is 534 cm³/mol. The summed E-state index contributed by atoms with van der Waals surface area (Å²) in [5.74, 6) is 1.21. The van der Waals surface area contributed by atoms with Gasteiger partial charge in [-0.15, -0.1) is 106 Å². The average Bonchev–Trinajstić information content (AvgIpc) is 1.58. The number of benzene rings is 14. The molecule has 0 atom stereocenters. The first-order valence-electron chi connectivity index (χ1n) is 41.7. The van der Waals surface area contributed by atoms with Gasteiger partial charge < -0.3 is 59.4 Å². The third-order valence-corrected chi connectivity index (χ3v) is 21.8. The van der Waals surface area contributed by atoms with Gasteiger partial charge in [0.1, 0.15) is 17.5 Å². The third-order valence-electron chi connectivity index (χ3n) is 21.8. The van der Waals surface area contributed by atoms with E-state index in [1.165, 1.54) is 170 Å². The molecule has 18 heteroatoms. The molecule has 6 N–H and O–H groups in total. The average molecular weight is 2250 g/mol. The third kappa shape index (κ3) is 24.0. The number of aliphatic hydroxyl groups excluding tert-OH is 3. The van der Waals surface area contributed by atoms with Gasteiger partial charge in [0.05, 0.1) is 72.0 Å². The molecule has 0 amide bonds. The summed E-state index contributed by atoms with van der Waals surface area (Å²) in [6.07, 6.45) is 5.39. The van der Waals surface area contributed by atoms with E-state index in [-0.39, 0.29) is 60.3 Å². The predicted octanol–water partition coefficient (Wildman–Crippen LogP) is 27.3. The number of aliphatic carboxylic acids is 3. The van der Waals surface area contributed by atoms with Gasteiger partial charge in [0.2, 0.25) is 0 Å². The molecule has 0 bridgehead atoms. The molecule has 3 aliphatic heterocycles. The molecule has 0 fully saturated rings. The monoisotopic (exact) mass is 2250 g/mol. The zero-order valence-electron chi connectivity index (χ0n) is 75.4. The van der Waals surface area contributed by atoms with Crippen molar-refractivity contribution in [1.29, 1.82) is 0 Å². The molecule has 14 aromatic carbocycles. The smallest absolute Gasteiger partial charge is 0.339 e. The molecule has 20 rings (SSSR count). The molecular weight excluding hydrogens is 2140 g/mol. The number of aromatic nitrogens is 3. The number of pyridine rings is 3. The quantitative estimate of drug-likeness (QED) is 0.106. The number of carboxylic acids is 3. The van der Waals surface area contributed by atoms with Crippen molar-refractivity contribution in [3.8, 4) is 33.8 Å². The number of carboxylic acid groups (broad SMARTS) is 3. The number of aryl methyl sites for hydroxylation is 8. The molecule has 17 aromatic rings. The van der Waals surface area contributed by atoms with Gasteiger partial charge in [-0.3, -0.25) is 14.7 Å². The summed E-state index contributed by atoms with van der Waals surface area (Å²) in [6, 6.07) is 115. The standard InChI is InChI=1S/C25H22N2.C24H20N2.C21H20N2.C13H12N.C12H10N.C11H8N.3C2H4O2.3Ir/c1-16-13-21-11-7-8-12-22(21)17(2)25(16)27-18(3)26(4)23-14-19-9-5-6-10-20(19)15-24(23)27;1-16-12-18-8-4-5-9-19(18)13-22(16)26-17(2)25(3)23-14-20-10-6-7-11-21(20)15-24(23)26;1-14-13-17-9-5-6-10-18(17)15(2)21(14)23-16(3)22(4)19-11-7-8-12-20(19)23;1-10-6-7-12(11(2)9-10)13-5-3-4-8-14-13;1-10-5-7-11(8-6-10)12-4-2-3-9-13-12;1-2-6-10(7-3-1)11-8-4-5-9-12-11;3*1-2(3)4;;;/h5-15H,3H2,1-2,4H3;4-15H,2H2,1,3H3;5-13H,3H2,1-2,4H3;3-6,8-9H,1-2H3;2-7,9H,1H3;1-6,8-9H;3*1H3,(H,3,4);;;/q;;;3*-1;;;;;;/p+3. The fraction of sp³-hybridized carbons (Fsp3) is 0.125. The van der Waals surface area contributed by atoms with E-state index < -0.39 is 17.9 Å².